The number of aliphatic carboxylic acids is 1. The van der Waals surface area contributed by atoms with Gasteiger partial charge in [0, 0.05) is 30.9 Å². The van der Waals surface area contributed by atoms with Crippen molar-refractivity contribution in [1.29, 1.82) is 0 Å². The van der Waals surface area contributed by atoms with Gasteiger partial charge in [-0.25, -0.2) is 0 Å². The lowest BCUT2D eigenvalue weighted by Crippen LogP contribution is -2.44. The molecule has 0 radical (unpaired) electrons. The Hall–Kier alpha value is -2.11. The zero-order valence-electron chi connectivity index (χ0n) is 12.3. The van der Waals surface area contributed by atoms with Gasteiger partial charge in [0.1, 0.15) is 0 Å². The van der Waals surface area contributed by atoms with Crippen LogP contribution in [0.3, 0.4) is 0 Å². The van der Waals surface area contributed by atoms with Gasteiger partial charge in [0.05, 0.1) is 10.3 Å². The van der Waals surface area contributed by atoms with Gasteiger partial charge >= 0.3 is 5.97 Å². The Labute approximate surface area is 123 Å². The number of carboxylic acids is 1. The summed E-state index contributed by atoms with van der Waals surface area (Å²) in [7, 11) is 0. The first-order valence-electron chi connectivity index (χ1n) is 7.05. The predicted octanol–water partition coefficient (Wildman–Crippen LogP) is 2.92. The number of hydrogen-bond acceptors (Lipinski definition) is 4. The molecule has 1 aliphatic rings. The molecule has 6 heteroatoms. The minimum absolute atomic E-state index is 0.0678. The Bertz CT molecular complexity index is 539. The summed E-state index contributed by atoms with van der Waals surface area (Å²) in [5, 5.41) is 20.0. The van der Waals surface area contributed by atoms with E-state index in [1.807, 2.05) is 0 Å². The molecule has 0 saturated carbocycles. The summed E-state index contributed by atoms with van der Waals surface area (Å²) in [6, 6.07) is 6.44. The number of nitro groups is 1. The summed E-state index contributed by atoms with van der Waals surface area (Å²) in [6.07, 6.45) is 1.82. The number of benzene rings is 1. The molecule has 1 saturated heterocycles. The van der Waals surface area contributed by atoms with Gasteiger partial charge in [-0.3, -0.25) is 14.9 Å². The highest BCUT2D eigenvalue weighted by atomic mass is 16.6. The summed E-state index contributed by atoms with van der Waals surface area (Å²) in [5.74, 6) is -0.711. The first kappa shape index (κ1) is 15.3. The minimum atomic E-state index is -0.780. The van der Waals surface area contributed by atoms with Crippen molar-refractivity contribution in [1.82, 2.24) is 0 Å². The van der Waals surface area contributed by atoms with Crippen molar-refractivity contribution in [3.05, 3.63) is 34.4 Å². The lowest BCUT2D eigenvalue weighted by molar-refractivity contribution is -0.384. The van der Waals surface area contributed by atoms with Crippen LogP contribution >= 0.6 is 0 Å². The number of carbonyl (C=O) groups is 1. The minimum Gasteiger partial charge on any atom is -0.481 e. The first-order valence-corrected chi connectivity index (χ1v) is 7.05. The molecule has 2 rings (SSSR count). The molecule has 1 aromatic rings. The third-order valence-electron chi connectivity index (χ3n) is 4.42. The van der Waals surface area contributed by atoms with Crippen LogP contribution in [-0.2, 0) is 4.79 Å². The van der Waals surface area contributed by atoms with E-state index in [1.165, 1.54) is 12.1 Å². The van der Waals surface area contributed by atoms with Gasteiger partial charge in [-0.15, -0.1) is 0 Å². The lowest BCUT2D eigenvalue weighted by Gasteiger charge is -2.40. The molecule has 1 aromatic carbocycles. The van der Waals surface area contributed by atoms with E-state index in [-0.39, 0.29) is 11.6 Å². The highest BCUT2D eigenvalue weighted by Crippen LogP contribution is 2.36. The number of carboxylic acid groups (broad SMARTS) is 1. The molecule has 114 valence electrons. The molecular weight excluding hydrogens is 272 g/mol. The summed E-state index contributed by atoms with van der Waals surface area (Å²) in [4.78, 5) is 23.8. The molecule has 1 unspecified atom stereocenters. The Balaban J connectivity index is 2.14. The Morgan fingerprint density at radius 2 is 2.00 bits per heavy atom. The van der Waals surface area contributed by atoms with Crippen molar-refractivity contribution in [2.75, 3.05) is 18.0 Å². The molecular formula is C15H20N2O4. The molecule has 1 aliphatic heterocycles. The van der Waals surface area contributed by atoms with Gasteiger partial charge in [-0.2, -0.15) is 0 Å². The van der Waals surface area contributed by atoms with Crippen molar-refractivity contribution in [2.45, 2.75) is 26.7 Å². The van der Waals surface area contributed by atoms with E-state index >= 15 is 0 Å². The predicted molar refractivity (Wildman–Crippen MR) is 79.5 cm³/mol. The van der Waals surface area contributed by atoms with E-state index in [2.05, 4.69) is 4.90 Å². The fourth-order valence-electron chi connectivity index (χ4n) is 2.76. The monoisotopic (exact) mass is 292 g/mol. The van der Waals surface area contributed by atoms with E-state index in [1.54, 1.807) is 26.0 Å². The quantitative estimate of drug-likeness (QED) is 0.681. The van der Waals surface area contributed by atoms with Gasteiger partial charge in [-0.1, -0.05) is 0 Å². The summed E-state index contributed by atoms with van der Waals surface area (Å²) >= 11 is 0. The van der Waals surface area contributed by atoms with Gasteiger partial charge in [0.25, 0.3) is 5.69 Å². The van der Waals surface area contributed by atoms with Crippen LogP contribution in [0.2, 0.25) is 0 Å². The second-order valence-corrected chi connectivity index (χ2v) is 6.09. The third kappa shape index (κ3) is 3.15. The maximum atomic E-state index is 11.4. The molecule has 0 aromatic heterocycles. The fourth-order valence-corrected chi connectivity index (χ4v) is 2.76. The Kier molecular flexibility index (Phi) is 4.16. The highest BCUT2D eigenvalue weighted by Gasteiger charge is 2.39. The number of nitrogens with zero attached hydrogens (tertiary/aromatic N) is 2. The topological polar surface area (TPSA) is 83.7 Å². The molecule has 1 heterocycles. The van der Waals surface area contributed by atoms with Crippen molar-refractivity contribution in [2.24, 2.45) is 11.3 Å². The summed E-state index contributed by atoms with van der Waals surface area (Å²) < 4.78 is 0. The Morgan fingerprint density at radius 1 is 1.38 bits per heavy atom. The zero-order valence-corrected chi connectivity index (χ0v) is 12.3. The summed E-state index contributed by atoms with van der Waals surface area (Å²) in [6.45, 7) is 5.04. The Morgan fingerprint density at radius 3 is 2.52 bits per heavy atom. The van der Waals surface area contributed by atoms with Crippen LogP contribution in [-0.4, -0.2) is 29.1 Å². The zero-order chi connectivity index (χ0) is 15.6. The molecule has 1 fully saturated rings. The number of non-ortho nitro benzene ring substituents is 1. The van der Waals surface area contributed by atoms with Crippen molar-refractivity contribution in [3.63, 3.8) is 0 Å². The number of anilines is 1. The normalized spacial score (nSPS) is 19.3. The van der Waals surface area contributed by atoms with E-state index < -0.39 is 16.3 Å². The van der Waals surface area contributed by atoms with Crippen LogP contribution in [0.4, 0.5) is 11.4 Å². The second kappa shape index (κ2) is 5.71. The van der Waals surface area contributed by atoms with Crippen LogP contribution < -0.4 is 4.90 Å². The molecule has 1 atom stereocenters. The van der Waals surface area contributed by atoms with Gasteiger partial charge in [-0.05, 0) is 44.7 Å². The average molecular weight is 292 g/mol. The van der Waals surface area contributed by atoms with E-state index in [4.69, 9.17) is 0 Å². The van der Waals surface area contributed by atoms with Crippen molar-refractivity contribution < 1.29 is 14.8 Å². The van der Waals surface area contributed by atoms with Crippen LogP contribution in [0.15, 0.2) is 24.3 Å². The van der Waals surface area contributed by atoms with E-state index in [0.717, 1.165) is 25.1 Å². The molecule has 0 amide bonds. The van der Waals surface area contributed by atoms with Gasteiger partial charge in [0.15, 0.2) is 0 Å². The third-order valence-corrected chi connectivity index (χ3v) is 4.42. The SMILES string of the molecule is CC(C)(C(=O)O)C1CCCN(c2ccc([N+](=O)[O-])cc2)C1. The maximum Gasteiger partial charge on any atom is 0.309 e. The largest absolute Gasteiger partial charge is 0.481 e. The first-order chi connectivity index (χ1) is 9.82. The smallest absolute Gasteiger partial charge is 0.309 e. The van der Waals surface area contributed by atoms with Gasteiger partial charge < -0.3 is 10.0 Å². The second-order valence-electron chi connectivity index (χ2n) is 6.09. The molecule has 0 spiro atoms. The van der Waals surface area contributed by atoms with Crippen LogP contribution in [0.25, 0.3) is 0 Å². The lowest BCUT2D eigenvalue weighted by atomic mass is 9.74. The van der Waals surface area contributed by atoms with E-state index in [0.29, 0.717) is 6.54 Å². The number of piperidine rings is 1. The van der Waals surface area contributed by atoms with Crippen molar-refractivity contribution >= 4 is 17.3 Å². The molecule has 0 aliphatic carbocycles. The molecule has 1 N–H and O–H groups in total. The number of nitro benzene ring substituents is 1. The highest BCUT2D eigenvalue weighted by molar-refractivity contribution is 5.74. The van der Waals surface area contributed by atoms with Crippen molar-refractivity contribution in [3.8, 4) is 0 Å². The molecule has 0 bridgehead atoms. The van der Waals surface area contributed by atoms with Crippen LogP contribution in [0, 0.1) is 21.4 Å². The van der Waals surface area contributed by atoms with Gasteiger partial charge in [0.2, 0.25) is 0 Å². The summed E-state index contributed by atoms with van der Waals surface area (Å²) in [5.41, 5.74) is 0.212. The van der Waals surface area contributed by atoms with E-state index in [9.17, 15) is 20.0 Å². The van der Waals surface area contributed by atoms with Crippen LogP contribution in [0.1, 0.15) is 26.7 Å². The standard InChI is InChI=1S/C15H20N2O4/c1-15(2,14(18)19)11-4-3-9-16(10-11)12-5-7-13(8-6-12)17(20)21/h5-8,11H,3-4,9-10H2,1-2H3,(H,18,19). The average Bonchev–Trinajstić information content (AvgIpc) is 2.47. The molecule has 6 nitrogen and oxygen atoms in total. The molecule has 21 heavy (non-hydrogen) atoms. The number of hydrogen-bond donors (Lipinski definition) is 1. The van der Waals surface area contributed by atoms with Crippen LogP contribution in [0.5, 0.6) is 0 Å². The maximum absolute atomic E-state index is 11.4. The number of rotatable bonds is 4. The fraction of sp³-hybridized carbons (Fsp3) is 0.533.